The van der Waals surface area contributed by atoms with Gasteiger partial charge in [0.05, 0.1) is 7.11 Å². The second-order valence-electron chi connectivity index (χ2n) is 4.01. The van der Waals surface area contributed by atoms with Crippen molar-refractivity contribution in [2.45, 2.75) is 13.3 Å². The zero-order chi connectivity index (χ0) is 13.4. The molecule has 0 saturated heterocycles. The van der Waals surface area contributed by atoms with Crippen LogP contribution in [-0.2, 0) is 6.42 Å². The van der Waals surface area contributed by atoms with Crippen LogP contribution in [0.3, 0.4) is 0 Å². The van der Waals surface area contributed by atoms with Crippen molar-refractivity contribution in [3.05, 3.63) is 78.4 Å². The van der Waals surface area contributed by atoms with Gasteiger partial charge >= 0.3 is 0 Å². The van der Waals surface area contributed by atoms with E-state index in [1.807, 2.05) is 12.1 Å². The molecule has 0 radical (unpaired) electrons. The fourth-order valence-corrected chi connectivity index (χ4v) is 1.69. The average Bonchev–Trinajstić information content (AvgIpc) is 2.44. The number of ether oxygens (including phenoxy) is 1. The molecule has 2 aromatic rings. The zero-order valence-corrected chi connectivity index (χ0v) is 11.1. The van der Waals surface area contributed by atoms with Gasteiger partial charge in [-0.2, -0.15) is 0 Å². The molecule has 0 aliphatic carbocycles. The molecular weight excluding hydrogens is 220 g/mol. The maximum Gasteiger partial charge on any atom is 0.118 e. The number of hydrogen-bond donors (Lipinski definition) is 0. The highest BCUT2D eigenvalue weighted by Gasteiger charge is 1.97. The summed E-state index contributed by atoms with van der Waals surface area (Å²) in [4.78, 5) is 0. The van der Waals surface area contributed by atoms with Gasteiger partial charge in [-0.3, -0.25) is 0 Å². The van der Waals surface area contributed by atoms with Crippen molar-refractivity contribution in [1.82, 2.24) is 0 Å². The van der Waals surface area contributed by atoms with Gasteiger partial charge in [-0.25, -0.2) is 0 Å². The third-order valence-electron chi connectivity index (χ3n) is 2.69. The Morgan fingerprint density at radius 3 is 1.72 bits per heavy atom. The normalized spacial score (nSPS) is 9.22. The van der Waals surface area contributed by atoms with Crippen molar-refractivity contribution in [2.75, 3.05) is 7.11 Å². The van der Waals surface area contributed by atoms with Crippen LogP contribution >= 0.6 is 0 Å². The van der Waals surface area contributed by atoms with Crippen molar-refractivity contribution in [1.29, 1.82) is 0 Å². The quantitative estimate of drug-likeness (QED) is 0.723. The van der Waals surface area contributed by atoms with Crippen molar-refractivity contribution in [2.24, 2.45) is 0 Å². The number of hydrogen-bond acceptors (Lipinski definition) is 1. The molecule has 0 heterocycles. The molecule has 0 unspecified atom stereocenters. The lowest BCUT2D eigenvalue weighted by Gasteiger charge is -2.04. The second kappa shape index (κ2) is 7.33. The van der Waals surface area contributed by atoms with Crippen LogP contribution < -0.4 is 4.74 Å². The van der Waals surface area contributed by atoms with Crippen LogP contribution in [0.25, 0.3) is 0 Å². The van der Waals surface area contributed by atoms with E-state index in [1.54, 1.807) is 7.11 Å². The van der Waals surface area contributed by atoms with Crippen molar-refractivity contribution >= 4 is 0 Å². The summed E-state index contributed by atoms with van der Waals surface area (Å²) in [5.41, 5.74) is 3.96. The van der Waals surface area contributed by atoms with E-state index in [9.17, 15) is 0 Å². The first-order chi connectivity index (χ1) is 8.78. The summed E-state index contributed by atoms with van der Waals surface area (Å²) in [6.45, 7) is 8.11. The summed E-state index contributed by atoms with van der Waals surface area (Å²) in [5.74, 6) is 0.910. The van der Waals surface area contributed by atoms with E-state index >= 15 is 0 Å². The predicted molar refractivity (Wildman–Crippen MR) is 78.2 cm³/mol. The molecule has 1 nitrogen and oxygen atoms in total. The van der Waals surface area contributed by atoms with Crippen LogP contribution in [0.15, 0.2) is 61.7 Å². The SMILES string of the molecule is C=C.COc1ccc(Cc2ccc(C)cc2)cc1. The Bertz CT molecular complexity index is 454. The van der Waals surface area contributed by atoms with Crippen LogP contribution in [-0.4, -0.2) is 7.11 Å². The smallest absolute Gasteiger partial charge is 0.118 e. The van der Waals surface area contributed by atoms with Crippen LogP contribution in [0.5, 0.6) is 5.75 Å². The molecule has 0 atom stereocenters. The fraction of sp³-hybridized carbons (Fsp3) is 0.176. The van der Waals surface area contributed by atoms with Crippen LogP contribution in [0.4, 0.5) is 0 Å². The Labute approximate surface area is 110 Å². The van der Waals surface area contributed by atoms with Crippen LogP contribution in [0, 0.1) is 6.92 Å². The van der Waals surface area contributed by atoms with Gasteiger partial charge in [-0.05, 0) is 36.6 Å². The minimum Gasteiger partial charge on any atom is -0.497 e. The van der Waals surface area contributed by atoms with Crippen LogP contribution in [0.2, 0.25) is 0 Å². The van der Waals surface area contributed by atoms with E-state index in [2.05, 4.69) is 56.5 Å². The summed E-state index contributed by atoms with van der Waals surface area (Å²) in [6.07, 6.45) is 0.976. The summed E-state index contributed by atoms with van der Waals surface area (Å²) >= 11 is 0. The fourth-order valence-electron chi connectivity index (χ4n) is 1.69. The molecule has 18 heavy (non-hydrogen) atoms. The van der Waals surface area contributed by atoms with E-state index in [1.165, 1.54) is 16.7 Å². The number of aryl methyl sites for hydroxylation is 1. The summed E-state index contributed by atoms with van der Waals surface area (Å²) in [7, 11) is 1.69. The molecule has 2 rings (SSSR count). The van der Waals surface area contributed by atoms with E-state index in [-0.39, 0.29) is 0 Å². The lowest BCUT2D eigenvalue weighted by molar-refractivity contribution is 0.414. The maximum absolute atomic E-state index is 5.14. The van der Waals surface area contributed by atoms with Gasteiger partial charge in [-0.1, -0.05) is 42.0 Å². The third-order valence-corrected chi connectivity index (χ3v) is 2.69. The average molecular weight is 240 g/mol. The number of rotatable bonds is 3. The standard InChI is InChI=1S/C15H16O.C2H4/c1-12-3-5-13(6-4-12)11-14-7-9-15(16-2)10-8-14;1-2/h3-10H,11H2,1-2H3;1-2H2. The molecule has 0 saturated carbocycles. The highest BCUT2D eigenvalue weighted by Crippen LogP contribution is 2.15. The first-order valence-corrected chi connectivity index (χ1v) is 5.96. The highest BCUT2D eigenvalue weighted by molar-refractivity contribution is 5.32. The summed E-state index contributed by atoms with van der Waals surface area (Å²) < 4.78 is 5.14. The number of benzene rings is 2. The highest BCUT2D eigenvalue weighted by atomic mass is 16.5. The molecule has 0 bridgehead atoms. The Morgan fingerprint density at radius 2 is 1.28 bits per heavy atom. The first-order valence-electron chi connectivity index (χ1n) is 5.96. The van der Waals surface area contributed by atoms with E-state index in [4.69, 9.17) is 4.74 Å². The van der Waals surface area contributed by atoms with Gasteiger partial charge in [0.15, 0.2) is 0 Å². The van der Waals surface area contributed by atoms with Crippen molar-refractivity contribution in [3.8, 4) is 5.75 Å². The Hall–Kier alpha value is -2.02. The van der Waals surface area contributed by atoms with Crippen LogP contribution in [0.1, 0.15) is 16.7 Å². The molecule has 94 valence electrons. The van der Waals surface area contributed by atoms with Gasteiger partial charge in [0.1, 0.15) is 5.75 Å². The predicted octanol–water partition coefficient (Wildman–Crippen LogP) is 4.40. The lowest BCUT2D eigenvalue weighted by Crippen LogP contribution is -1.89. The molecule has 0 aliphatic rings. The first kappa shape index (κ1) is 14.0. The molecule has 0 aromatic heterocycles. The molecule has 0 amide bonds. The Kier molecular flexibility index (Phi) is 5.72. The molecule has 0 N–H and O–H groups in total. The Balaban J connectivity index is 0.000000771. The second-order valence-corrected chi connectivity index (χ2v) is 4.01. The summed E-state index contributed by atoms with van der Waals surface area (Å²) in [5, 5.41) is 0. The van der Waals surface area contributed by atoms with E-state index in [0.29, 0.717) is 0 Å². The van der Waals surface area contributed by atoms with Crippen molar-refractivity contribution < 1.29 is 4.74 Å². The number of methoxy groups -OCH3 is 1. The zero-order valence-electron chi connectivity index (χ0n) is 11.1. The minimum atomic E-state index is 0.910. The molecule has 0 aliphatic heterocycles. The molecular formula is C17H20O. The third kappa shape index (κ3) is 4.10. The van der Waals surface area contributed by atoms with Crippen molar-refractivity contribution in [3.63, 3.8) is 0 Å². The molecule has 2 aromatic carbocycles. The maximum atomic E-state index is 5.14. The lowest BCUT2D eigenvalue weighted by atomic mass is 10.0. The van der Waals surface area contributed by atoms with Gasteiger partial charge in [0.2, 0.25) is 0 Å². The van der Waals surface area contributed by atoms with Gasteiger partial charge in [-0.15, -0.1) is 13.2 Å². The van der Waals surface area contributed by atoms with E-state index in [0.717, 1.165) is 12.2 Å². The topological polar surface area (TPSA) is 9.23 Å². The van der Waals surface area contributed by atoms with Gasteiger partial charge < -0.3 is 4.74 Å². The monoisotopic (exact) mass is 240 g/mol. The molecule has 0 spiro atoms. The summed E-state index contributed by atoms with van der Waals surface area (Å²) in [6, 6.07) is 16.9. The molecule has 1 heteroatoms. The molecule has 0 fully saturated rings. The minimum absolute atomic E-state index is 0.910. The van der Waals surface area contributed by atoms with Gasteiger partial charge in [0, 0.05) is 0 Å². The largest absolute Gasteiger partial charge is 0.497 e. The van der Waals surface area contributed by atoms with E-state index < -0.39 is 0 Å². The Morgan fingerprint density at radius 1 is 0.833 bits per heavy atom. The van der Waals surface area contributed by atoms with Gasteiger partial charge in [0.25, 0.3) is 0 Å².